The summed E-state index contributed by atoms with van der Waals surface area (Å²) in [6.07, 6.45) is 2.40. The summed E-state index contributed by atoms with van der Waals surface area (Å²) < 4.78 is 14.0. The largest absolute Gasteiger partial charge is 0.403 e. The van der Waals surface area contributed by atoms with Gasteiger partial charge in [0.25, 0.3) is 11.8 Å². The summed E-state index contributed by atoms with van der Waals surface area (Å²) >= 11 is 6.38. The lowest BCUT2D eigenvalue weighted by atomic mass is 9.83. The maximum Gasteiger partial charge on any atom is 0.257 e. The van der Waals surface area contributed by atoms with E-state index in [1.807, 2.05) is 23.6 Å². The van der Waals surface area contributed by atoms with Gasteiger partial charge in [0.05, 0.1) is 28.5 Å². The molecule has 10 heteroatoms. The molecule has 2 aromatic heterocycles. The molecule has 1 amide bonds. The van der Waals surface area contributed by atoms with Crippen LogP contribution < -0.4 is 0 Å². The number of rotatable bonds is 5. The average molecular weight is 487 g/mol. The summed E-state index contributed by atoms with van der Waals surface area (Å²) in [4.78, 5) is 23.9. The van der Waals surface area contributed by atoms with Crippen LogP contribution in [0.4, 0.5) is 0 Å². The summed E-state index contributed by atoms with van der Waals surface area (Å²) in [6, 6.07) is 5.39. The Morgan fingerprint density at radius 1 is 1.24 bits per heavy atom. The second-order valence-corrected chi connectivity index (χ2v) is 12.5. The molecule has 1 radical (unpaired) electrons. The highest BCUT2D eigenvalue weighted by molar-refractivity contribution is 6.48. The van der Waals surface area contributed by atoms with E-state index < -0.39 is 14.6 Å². The molecule has 0 saturated carbocycles. The van der Waals surface area contributed by atoms with Crippen molar-refractivity contribution in [3.05, 3.63) is 46.7 Å². The van der Waals surface area contributed by atoms with Crippen LogP contribution in [-0.2, 0) is 16.6 Å². The Kier molecular flexibility index (Phi) is 6.00. The highest BCUT2D eigenvalue weighted by Crippen LogP contribution is 2.39. The van der Waals surface area contributed by atoms with E-state index in [1.165, 1.54) is 0 Å². The first-order chi connectivity index (χ1) is 15.4. The van der Waals surface area contributed by atoms with Crippen molar-refractivity contribution >= 4 is 26.5 Å². The number of aromatic nitrogens is 4. The molecule has 3 aromatic rings. The van der Waals surface area contributed by atoms with E-state index in [9.17, 15) is 4.79 Å². The molecule has 1 aliphatic rings. The van der Waals surface area contributed by atoms with Gasteiger partial charge in [-0.1, -0.05) is 43.6 Å². The van der Waals surface area contributed by atoms with Crippen LogP contribution in [-0.4, -0.2) is 46.6 Å². The minimum Gasteiger partial charge on any atom is -0.403 e. The van der Waals surface area contributed by atoms with E-state index in [4.69, 9.17) is 25.5 Å². The molecule has 8 nitrogen and oxygen atoms in total. The van der Waals surface area contributed by atoms with Gasteiger partial charge in [-0.3, -0.25) is 9.36 Å². The second-order valence-electron chi connectivity index (χ2n) is 10.1. The number of fused-ring (bicyclic) bond motifs is 3. The minimum absolute atomic E-state index is 0.00174. The van der Waals surface area contributed by atoms with Crippen LogP contribution in [0, 0.1) is 5.41 Å². The van der Waals surface area contributed by atoms with Gasteiger partial charge in [-0.15, -0.1) is 0 Å². The molecular weight excluding hydrogens is 458 g/mol. The van der Waals surface area contributed by atoms with Crippen molar-refractivity contribution in [2.75, 3.05) is 7.05 Å². The Balaban J connectivity index is 1.79. The van der Waals surface area contributed by atoms with E-state index >= 15 is 0 Å². The number of carbonyl (C=O) groups is 1. The molecule has 175 valence electrons. The third-order valence-electron chi connectivity index (χ3n) is 5.45. The SMILES string of the molecule is CN1Cc2c(-c3noc(C(C)(CC(C)(C)C)O[Si](C)C)n3)ncn2-c2cccc(Cl)c2C1=O. The molecular formula is C23H29ClN5O3Si. The number of imidazole rings is 1. The van der Waals surface area contributed by atoms with Crippen LogP contribution in [0.2, 0.25) is 18.1 Å². The van der Waals surface area contributed by atoms with Crippen molar-refractivity contribution in [1.82, 2.24) is 24.6 Å². The van der Waals surface area contributed by atoms with Crippen LogP contribution >= 0.6 is 11.6 Å². The summed E-state index contributed by atoms with van der Waals surface area (Å²) in [6.45, 7) is 13.0. The molecule has 1 atom stereocenters. The molecule has 3 heterocycles. The van der Waals surface area contributed by atoms with E-state index in [-0.39, 0.29) is 11.3 Å². The normalized spacial score (nSPS) is 15.9. The molecule has 1 unspecified atom stereocenters. The van der Waals surface area contributed by atoms with Gasteiger partial charge in [-0.25, -0.2) is 4.98 Å². The van der Waals surface area contributed by atoms with Crippen LogP contribution in [0.5, 0.6) is 0 Å². The van der Waals surface area contributed by atoms with Gasteiger partial charge < -0.3 is 13.8 Å². The van der Waals surface area contributed by atoms with Crippen LogP contribution in [0.3, 0.4) is 0 Å². The minimum atomic E-state index is -1.03. The molecule has 0 saturated heterocycles. The maximum absolute atomic E-state index is 13.0. The van der Waals surface area contributed by atoms with Gasteiger partial charge in [0.2, 0.25) is 14.9 Å². The van der Waals surface area contributed by atoms with Gasteiger partial charge in [-0.05, 0) is 44.0 Å². The van der Waals surface area contributed by atoms with Crippen molar-refractivity contribution in [3.63, 3.8) is 0 Å². The zero-order chi connectivity index (χ0) is 24.1. The number of hydrogen-bond donors (Lipinski definition) is 0. The molecule has 1 aliphatic heterocycles. The number of benzene rings is 1. The van der Waals surface area contributed by atoms with Crippen molar-refractivity contribution in [2.24, 2.45) is 5.41 Å². The second kappa shape index (κ2) is 8.38. The van der Waals surface area contributed by atoms with Gasteiger partial charge in [0.1, 0.15) is 17.6 Å². The predicted molar refractivity (Wildman–Crippen MR) is 128 cm³/mol. The quantitative estimate of drug-likeness (QED) is 0.467. The third-order valence-corrected chi connectivity index (χ3v) is 6.63. The van der Waals surface area contributed by atoms with Gasteiger partial charge >= 0.3 is 0 Å². The highest BCUT2D eigenvalue weighted by atomic mass is 35.5. The molecule has 0 spiro atoms. The Hall–Kier alpha value is -2.49. The van der Waals surface area contributed by atoms with Crippen molar-refractivity contribution in [2.45, 2.75) is 59.4 Å². The lowest BCUT2D eigenvalue weighted by Crippen LogP contribution is -2.35. The van der Waals surface area contributed by atoms with Crippen molar-refractivity contribution < 1.29 is 13.7 Å². The molecule has 1 aromatic carbocycles. The molecule has 0 aliphatic carbocycles. The number of hydrogen-bond acceptors (Lipinski definition) is 6. The van der Waals surface area contributed by atoms with Crippen LogP contribution in [0.15, 0.2) is 29.0 Å². The molecule has 0 bridgehead atoms. The van der Waals surface area contributed by atoms with E-state index in [1.54, 1.807) is 24.3 Å². The number of nitrogens with zero attached hydrogens (tertiary/aromatic N) is 5. The van der Waals surface area contributed by atoms with E-state index in [2.05, 4.69) is 44.0 Å². The molecule has 4 rings (SSSR count). The first-order valence-corrected chi connectivity index (χ1v) is 13.6. The molecule has 0 N–H and O–H groups in total. The topological polar surface area (TPSA) is 86.3 Å². The Labute approximate surface area is 200 Å². The van der Waals surface area contributed by atoms with Gasteiger partial charge in [0.15, 0.2) is 0 Å². The predicted octanol–water partition coefficient (Wildman–Crippen LogP) is 5.08. The standard InChI is InChI=1S/C23H29ClN5O3Si/c1-22(2,3)12-23(4,32-33(6)7)21-26-19(27-31-21)18-16-11-28(5)20(30)17-14(24)9-8-10-15(17)29(16)13-25-18/h8-10,13H,11-12H2,1-7H3. The smallest absolute Gasteiger partial charge is 0.257 e. The number of halogens is 1. The van der Waals surface area contributed by atoms with E-state index in [0.717, 1.165) is 12.1 Å². The van der Waals surface area contributed by atoms with E-state index in [0.29, 0.717) is 40.2 Å². The van der Waals surface area contributed by atoms with Crippen molar-refractivity contribution in [1.29, 1.82) is 0 Å². The van der Waals surface area contributed by atoms with Crippen molar-refractivity contribution in [3.8, 4) is 17.2 Å². The lowest BCUT2D eigenvalue weighted by Gasteiger charge is -2.34. The molecule has 33 heavy (non-hydrogen) atoms. The average Bonchev–Trinajstić information content (AvgIpc) is 3.30. The first kappa shape index (κ1) is 23.7. The Morgan fingerprint density at radius 3 is 2.64 bits per heavy atom. The fraction of sp³-hybridized carbons (Fsp3) is 0.478. The fourth-order valence-corrected chi connectivity index (χ4v) is 5.80. The highest BCUT2D eigenvalue weighted by Gasteiger charge is 2.39. The summed E-state index contributed by atoms with van der Waals surface area (Å²) in [5.41, 5.74) is 1.77. The Bertz CT molecular complexity index is 1200. The first-order valence-electron chi connectivity index (χ1n) is 10.8. The van der Waals surface area contributed by atoms with Gasteiger partial charge in [0, 0.05) is 7.05 Å². The fourth-order valence-electron chi connectivity index (χ4n) is 4.48. The zero-order valence-electron chi connectivity index (χ0n) is 20.1. The number of carbonyl (C=O) groups excluding carboxylic acids is 1. The summed E-state index contributed by atoms with van der Waals surface area (Å²) in [5.74, 6) is 0.655. The summed E-state index contributed by atoms with van der Waals surface area (Å²) in [5, 5.41) is 4.66. The molecule has 0 fully saturated rings. The summed E-state index contributed by atoms with van der Waals surface area (Å²) in [7, 11) is 0.713. The lowest BCUT2D eigenvalue weighted by molar-refractivity contribution is 0.00979. The van der Waals surface area contributed by atoms with Crippen LogP contribution in [0.1, 0.15) is 56.1 Å². The van der Waals surface area contributed by atoms with Crippen LogP contribution in [0.25, 0.3) is 17.2 Å². The number of amides is 1. The third kappa shape index (κ3) is 4.49. The zero-order valence-corrected chi connectivity index (χ0v) is 21.8. The van der Waals surface area contributed by atoms with Gasteiger partial charge in [-0.2, -0.15) is 4.98 Å². The maximum atomic E-state index is 13.0. The Morgan fingerprint density at radius 2 is 1.97 bits per heavy atom. The monoisotopic (exact) mass is 486 g/mol.